The summed E-state index contributed by atoms with van der Waals surface area (Å²) in [6.07, 6.45) is 1.26. The van der Waals surface area contributed by atoms with Crippen molar-refractivity contribution in [3.8, 4) is 0 Å². The lowest BCUT2D eigenvalue weighted by molar-refractivity contribution is -0.144. The van der Waals surface area contributed by atoms with Crippen LogP contribution in [0.3, 0.4) is 0 Å². The van der Waals surface area contributed by atoms with Crippen molar-refractivity contribution in [2.75, 3.05) is 6.54 Å². The van der Waals surface area contributed by atoms with Gasteiger partial charge in [-0.2, -0.15) is 0 Å². The van der Waals surface area contributed by atoms with Crippen LogP contribution >= 0.6 is 11.6 Å². The number of carboxylic acid groups (broad SMARTS) is 1. The maximum Gasteiger partial charge on any atom is 0.326 e. The Labute approximate surface area is 109 Å². The van der Waals surface area contributed by atoms with Crippen LogP contribution in [0.4, 0.5) is 0 Å². The van der Waals surface area contributed by atoms with E-state index in [1.54, 1.807) is 0 Å². The number of furan rings is 1. The van der Waals surface area contributed by atoms with E-state index < -0.39 is 17.9 Å². The van der Waals surface area contributed by atoms with Crippen LogP contribution in [0.5, 0.6) is 0 Å². The van der Waals surface area contributed by atoms with Gasteiger partial charge >= 0.3 is 5.97 Å². The number of piperidine rings is 1. The number of hydrogen-bond acceptors (Lipinski definition) is 3. The van der Waals surface area contributed by atoms with Gasteiger partial charge in [0, 0.05) is 6.54 Å². The molecule has 0 aromatic carbocycles. The fourth-order valence-corrected chi connectivity index (χ4v) is 2.34. The molecule has 1 aromatic heterocycles. The minimum atomic E-state index is -0.979. The molecule has 2 atom stereocenters. The second-order valence-electron chi connectivity index (χ2n) is 4.59. The molecule has 2 rings (SSSR count). The van der Waals surface area contributed by atoms with E-state index in [-0.39, 0.29) is 11.0 Å². The van der Waals surface area contributed by atoms with Crippen molar-refractivity contribution in [2.24, 2.45) is 5.92 Å². The average molecular weight is 272 g/mol. The number of aliphatic carboxylic acids is 1. The summed E-state index contributed by atoms with van der Waals surface area (Å²) in [4.78, 5) is 24.7. The van der Waals surface area contributed by atoms with Crippen molar-refractivity contribution in [2.45, 2.75) is 25.8 Å². The summed E-state index contributed by atoms with van der Waals surface area (Å²) in [5.74, 6) is -1.01. The molecular formula is C12H14ClNO4. The van der Waals surface area contributed by atoms with Crippen LogP contribution in [0.2, 0.25) is 5.22 Å². The van der Waals surface area contributed by atoms with Gasteiger partial charge in [0.05, 0.1) is 0 Å². The predicted octanol–water partition coefficient (Wildman–Crippen LogP) is 2.26. The number of carboxylic acids is 1. The molecule has 6 heteroatoms. The molecule has 18 heavy (non-hydrogen) atoms. The zero-order valence-corrected chi connectivity index (χ0v) is 10.7. The van der Waals surface area contributed by atoms with Gasteiger partial charge in [0.1, 0.15) is 6.04 Å². The highest BCUT2D eigenvalue weighted by molar-refractivity contribution is 6.29. The summed E-state index contributed by atoms with van der Waals surface area (Å²) in [5.41, 5.74) is 0. The largest absolute Gasteiger partial charge is 0.480 e. The number of likely N-dealkylation sites (tertiary alicyclic amines) is 1. The SMILES string of the molecule is CC1CCN(C(=O)c2ccc(Cl)o2)C(C(=O)O)C1. The highest BCUT2D eigenvalue weighted by Gasteiger charge is 2.36. The Balaban J connectivity index is 2.20. The molecule has 1 amide bonds. The normalized spacial score (nSPS) is 24.0. The third-order valence-corrected chi connectivity index (χ3v) is 3.40. The molecule has 1 aromatic rings. The number of carbonyl (C=O) groups excluding carboxylic acids is 1. The first-order chi connectivity index (χ1) is 8.49. The number of hydrogen-bond donors (Lipinski definition) is 1. The third kappa shape index (κ3) is 2.51. The summed E-state index contributed by atoms with van der Waals surface area (Å²) in [6, 6.07) is 2.14. The Hall–Kier alpha value is -1.49. The molecule has 1 fully saturated rings. The summed E-state index contributed by atoms with van der Waals surface area (Å²) in [7, 11) is 0. The van der Waals surface area contributed by atoms with Gasteiger partial charge in [0.25, 0.3) is 5.91 Å². The predicted molar refractivity (Wildman–Crippen MR) is 64.6 cm³/mol. The molecule has 0 bridgehead atoms. The molecule has 5 nitrogen and oxygen atoms in total. The summed E-state index contributed by atoms with van der Waals surface area (Å²) in [5, 5.41) is 9.30. The topological polar surface area (TPSA) is 70.8 Å². The Kier molecular flexibility index (Phi) is 3.61. The molecular weight excluding hydrogens is 258 g/mol. The number of halogens is 1. The molecule has 1 aliphatic heterocycles. The molecule has 0 spiro atoms. The van der Waals surface area contributed by atoms with Crippen molar-refractivity contribution >= 4 is 23.5 Å². The van der Waals surface area contributed by atoms with Crippen LogP contribution in [-0.4, -0.2) is 34.5 Å². The number of nitrogens with zero attached hydrogens (tertiary/aromatic N) is 1. The van der Waals surface area contributed by atoms with E-state index in [4.69, 9.17) is 16.0 Å². The van der Waals surface area contributed by atoms with Gasteiger partial charge in [0.15, 0.2) is 11.0 Å². The van der Waals surface area contributed by atoms with Crippen LogP contribution in [0.15, 0.2) is 16.5 Å². The van der Waals surface area contributed by atoms with E-state index in [1.165, 1.54) is 17.0 Å². The van der Waals surface area contributed by atoms with E-state index in [2.05, 4.69) is 0 Å². The number of rotatable bonds is 2. The molecule has 0 saturated carbocycles. The van der Waals surface area contributed by atoms with Gasteiger partial charge in [-0.3, -0.25) is 4.79 Å². The minimum absolute atomic E-state index is 0.0841. The Bertz CT molecular complexity index is 470. The number of amides is 1. The average Bonchev–Trinajstić information content (AvgIpc) is 2.75. The van der Waals surface area contributed by atoms with E-state index >= 15 is 0 Å². The molecule has 2 heterocycles. The molecule has 2 unspecified atom stereocenters. The fourth-order valence-electron chi connectivity index (χ4n) is 2.19. The maximum atomic E-state index is 12.1. The zero-order valence-electron chi connectivity index (χ0n) is 9.93. The van der Waals surface area contributed by atoms with Crippen molar-refractivity contribution in [3.63, 3.8) is 0 Å². The highest BCUT2D eigenvalue weighted by atomic mass is 35.5. The van der Waals surface area contributed by atoms with Crippen molar-refractivity contribution in [1.82, 2.24) is 4.90 Å². The fraction of sp³-hybridized carbons (Fsp3) is 0.500. The molecule has 98 valence electrons. The van der Waals surface area contributed by atoms with Crippen LogP contribution in [-0.2, 0) is 4.79 Å². The first kappa shape index (κ1) is 13.0. The molecule has 1 aliphatic rings. The summed E-state index contributed by atoms with van der Waals surface area (Å²) in [6.45, 7) is 2.41. The highest BCUT2D eigenvalue weighted by Crippen LogP contribution is 2.25. The van der Waals surface area contributed by atoms with E-state index in [9.17, 15) is 14.7 Å². The summed E-state index contributed by atoms with van der Waals surface area (Å²) >= 11 is 5.61. The Morgan fingerprint density at radius 3 is 2.78 bits per heavy atom. The lowest BCUT2D eigenvalue weighted by atomic mass is 9.92. The van der Waals surface area contributed by atoms with Crippen LogP contribution in [0, 0.1) is 5.92 Å². The third-order valence-electron chi connectivity index (χ3n) is 3.19. The van der Waals surface area contributed by atoms with Crippen LogP contribution in [0.25, 0.3) is 0 Å². The van der Waals surface area contributed by atoms with Crippen LogP contribution < -0.4 is 0 Å². The first-order valence-electron chi connectivity index (χ1n) is 5.78. The van der Waals surface area contributed by atoms with E-state index in [1.807, 2.05) is 6.92 Å². The molecule has 0 radical (unpaired) electrons. The Morgan fingerprint density at radius 1 is 1.50 bits per heavy atom. The van der Waals surface area contributed by atoms with Crippen LogP contribution in [0.1, 0.15) is 30.3 Å². The molecule has 1 N–H and O–H groups in total. The zero-order chi connectivity index (χ0) is 13.3. The maximum absolute atomic E-state index is 12.1. The first-order valence-corrected chi connectivity index (χ1v) is 6.16. The molecule has 1 saturated heterocycles. The van der Waals surface area contributed by atoms with Gasteiger partial charge < -0.3 is 14.4 Å². The monoisotopic (exact) mass is 271 g/mol. The van der Waals surface area contributed by atoms with Crippen molar-refractivity contribution < 1.29 is 19.1 Å². The lowest BCUT2D eigenvalue weighted by Crippen LogP contribution is -2.49. The summed E-state index contributed by atoms with van der Waals surface area (Å²) < 4.78 is 5.03. The molecule has 0 aliphatic carbocycles. The van der Waals surface area contributed by atoms with Gasteiger partial charge in [-0.1, -0.05) is 6.92 Å². The van der Waals surface area contributed by atoms with Crippen molar-refractivity contribution in [3.05, 3.63) is 23.1 Å². The second-order valence-corrected chi connectivity index (χ2v) is 4.96. The quantitative estimate of drug-likeness (QED) is 0.896. The van der Waals surface area contributed by atoms with Gasteiger partial charge in [-0.25, -0.2) is 4.79 Å². The minimum Gasteiger partial charge on any atom is -0.480 e. The number of carbonyl (C=O) groups is 2. The lowest BCUT2D eigenvalue weighted by Gasteiger charge is -2.35. The van der Waals surface area contributed by atoms with Gasteiger partial charge in [-0.05, 0) is 42.5 Å². The van der Waals surface area contributed by atoms with E-state index in [0.29, 0.717) is 18.9 Å². The van der Waals surface area contributed by atoms with Gasteiger partial charge in [0.2, 0.25) is 0 Å². The second kappa shape index (κ2) is 5.02. The van der Waals surface area contributed by atoms with Gasteiger partial charge in [-0.15, -0.1) is 0 Å². The standard InChI is InChI=1S/C12H14ClNO4/c1-7-4-5-14(8(6-7)12(16)17)11(15)9-2-3-10(13)18-9/h2-3,7-8H,4-6H2,1H3,(H,16,17). The smallest absolute Gasteiger partial charge is 0.326 e. The van der Waals surface area contributed by atoms with Crippen molar-refractivity contribution in [1.29, 1.82) is 0 Å². The van der Waals surface area contributed by atoms with E-state index in [0.717, 1.165) is 6.42 Å². The Morgan fingerprint density at radius 2 is 2.22 bits per heavy atom.